The van der Waals surface area contributed by atoms with E-state index in [0.29, 0.717) is 59.1 Å². The summed E-state index contributed by atoms with van der Waals surface area (Å²) < 4.78 is 1.88. The third-order valence-corrected chi connectivity index (χ3v) is 7.87. The molecule has 1 amide bonds. The van der Waals surface area contributed by atoms with Gasteiger partial charge in [-0.05, 0) is 55.7 Å². The number of aromatic nitrogens is 5. The normalized spacial score (nSPS) is 21.1. The molecule has 0 spiro atoms. The van der Waals surface area contributed by atoms with Gasteiger partial charge in [-0.3, -0.25) is 14.2 Å². The molecule has 0 atom stereocenters. The number of pyridine rings is 3. The number of amides is 1. The van der Waals surface area contributed by atoms with E-state index in [9.17, 15) is 14.7 Å². The van der Waals surface area contributed by atoms with E-state index in [1.165, 1.54) is 0 Å². The Morgan fingerprint density at radius 3 is 2.38 bits per heavy atom. The Bertz CT molecular complexity index is 1760. The number of nitrogens with one attached hydrogen (secondary N) is 1. The average molecular weight is 518 g/mol. The van der Waals surface area contributed by atoms with Crippen molar-refractivity contribution in [2.24, 2.45) is 10.8 Å². The number of hydrogen-bond acceptors (Lipinski definition) is 7. The number of nitrogen functional groups attached to an aromatic ring is 1. The molecule has 8 rings (SSSR count). The predicted octanol–water partition coefficient (Wildman–Crippen LogP) is 4.32. The molecule has 3 fully saturated rings. The van der Waals surface area contributed by atoms with E-state index in [1.54, 1.807) is 24.5 Å². The summed E-state index contributed by atoms with van der Waals surface area (Å²) in [5.74, 6) is 0.299. The molecular formula is C29H23N7O3. The van der Waals surface area contributed by atoms with Crippen LogP contribution in [0.1, 0.15) is 19.3 Å². The van der Waals surface area contributed by atoms with E-state index in [1.807, 2.05) is 59.2 Å². The minimum atomic E-state index is -0.818. The van der Waals surface area contributed by atoms with Crippen molar-refractivity contribution in [2.75, 3.05) is 11.1 Å². The Labute approximate surface area is 222 Å². The molecule has 5 aromatic rings. The second-order valence-electron chi connectivity index (χ2n) is 10.4. The first-order valence-electron chi connectivity index (χ1n) is 12.5. The Kier molecular flexibility index (Phi) is 4.84. The quantitative estimate of drug-likeness (QED) is 0.301. The Balaban J connectivity index is 1.26. The summed E-state index contributed by atoms with van der Waals surface area (Å²) in [6.45, 7) is 0. The lowest BCUT2D eigenvalue weighted by molar-refractivity contribution is -0.217. The van der Waals surface area contributed by atoms with Gasteiger partial charge in [0.2, 0.25) is 5.91 Å². The SMILES string of the molecule is Nc1ncccc1-c1nc2ccc(-c3ccccc3)nc2n1-c1ccc(NC(=O)C23CC(C(=O)O)(C2)C3)nc1. The van der Waals surface area contributed by atoms with Gasteiger partial charge in [0.05, 0.1) is 34.0 Å². The number of anilines is 2. The molecule has 4 N–H and O–H groups in total. The Morgan fingerprint density at radius 2 is 1.69 bits per heavy atom. The number of fused-ring (bicyclic) bond motifs is 1. The fourth-order valence-electron chi connectivity index (χ4n) is 5.86. The van der Waals surface area contributed by atoms with E-state index in [-0.39, 0.29) is 5.91 Å². The summed E-state index contributed by atoms with van der Waals surface area (Å²) in [4.78, 5) is 42.8. The lowest BCUT2D eigenvalue weighted by Crippen LogP contribution is -2.69. The van der Waals surface area contributed by atoms with Crippen molar-refractivity contribution < 1.29 is 14.7 Å². The zero-order valence-electron chi connectivity index (χ0n) is 20.7. The van der Waals surface area contributed by atoms with E-state index in [2.05, 4.69) is 15.3 Å². The second-order valence-corrected chi connectivity index (χ2v) is 10.4. The minimum absolute atomic E-state index is 0.183. The number of benzene rings is 1. The number of carboxylic acids is 1. The number of imidazole rings is 1. The summed E-state index contributed by atoms with van der Waals surface area (Å²) in [6, 6.07) is 20.9. The van der Waals surface area contributed by atoms with Crippen LogP contribution in [0.3, 0.4) is 0 Å². The van der Waals surface area contributed by atoms with Crippen LogP contribution in [-0.4, -0.2) is 41.5 Å². The van der Waals surface area contributed by atoms with Gasteiger partial charge in [-0.15, -0.1) is 0 Å². The van der Waals surface area contributed by atoms with Crippen LogP contribution < -0.4 is 11.1 Å². The average Bonchev–Trinajstić information content (AvgIpc) is 3.26. The number of aliphatic carboxylic acids is 1. The molecule has 3 aliphatic rings. The van der Waals surface area contributed by atoms with E-state index in [4.69, 9.17) is 15.7 Å². The van der Waals surface area contributed by atoms with Gasteiger partial charge in [-0.1, -0.05) is 30.3 Å². The summed E-state index contributed by atoms with van der Waals surface area (Å²) >= 11 is 0. The highest BCUT2D eigenvalue weighted by Gasteiger charge is 2.75. The van der Waals surface area contributed by atoms with Crippen LogP contribution in [0.25, 0.3) is 39.5 Å². The van der Waals surface area contributed by atoms with Crippen molar-refractivity contribution in [1.29, 1.82) is 0 Å². The van der Waals surface area contributed by atoms with E-state index in [0.717, 1.165) is 11.3 Å². The van der Waals surface area contributed by atoms with Gasteiger partial charge in [0, 0.05) is 11.8 Å². The molecule has 3 saturated carbocycles. The van der Waals surface area contributed by atoms with Crippen LogP contribution in [0, 0.1) is 10.8 Å². The lowest BCUT2D eigenvalue weighted by atomic mass is 9.35. The third-order valence-electron chi connectivity index (χ3n) is 7.87. The molecule has 0 aliphatic heterocycles. The number of carboxylic acid groups (broad SMARTS) is 1. The molecule has 0 unspecified atom stereocenters. The topological polar surface area (TPSA) is 149 Å². The summed E-state index contributed by atoms with van der Waals surface area (Å²) in [6.07, 6.45) is 4.41. The predicted molar refractivity (Wildman–Crippen MR) is 145 cm³/mol. The van der Waals surface area contributed by atoms with Crippen molar-refractivity contribution in [3.63, 3.8) is 0 Å². The number of carbonyl (C=O) groups is 2. The summed E-state index contributed by atoms with van der Waals surface area (Å²) in [5, 5.41) is 12.2. The molecule has 4 heterocycles. The highest BCUT2D eigenvalue weighted by Crippen LogP contribution is 2.73. The Hall–Kier alpha value is -5.12. The van der Waals surface area contributed by atoms with Gasteiger partial charge in [-0.25, -0.2) is 19.9 Å². The number of nitrogens with zero attached hydrogens (tertiary/aromatic N) is 5. The number of rotatable bonds is 6. The highest BCUT2D eigenvalue weighted by molar-refractivity contribution is 6.00. The van der Waals surface area contributed by atoms with E-state index < -0.39 is 16.8 Å². The molecule has 192 valence electrons. The molecule has 39 heavy (non-hydrogen) atoms. The summed E-state index contributed by atoms with van der Waals surface area (Å²) in [7, 11) is 0. The molecule has 10 nitrogen and oxygen atoms in total. The summed E-state index contributed by atoms with van der Waals surface area (Å²) in [5.41, 5.74) is 9.34. The van der Waals surface area contributed by atoms with Gasteiger partial charge in [-0.2, -0.15) is 0 Å². The maximum absolute atomic E-state index is 12.9. The molecular weight excluding hydrogens is 494 g/mol. The van der Waals surface area contributed by atoms with Gasteiger partial charge in [0.1, 0.15) is 17.2 Å². The molecule has 2 bridgehead atoms. The molecule has 0 radical (unpaired) electrons. The van der Waals surface area contributed by atoms with Crippen LogP contribution in [-0.2, 0) is 9.59 Å². The molecule has 10 heteroatoms. The third kappa shape index (κ3) is 3.48. The zero-order valence-corrected chi connectivity index (χ0v) is 20.7. The maximum atomic E-state index is 12.9. The van der Waals surface area contributed by atoms with Gasteiger partial charge in [0.25, 0.3) is 0 Å². The minimum Gasteiger partial charge on any atom is -0.481 e. The first-order valence-corrected chi connectivity index (χ1v) is 12.5. The first kappa shape index (κ1) is 23.0. The van der Waals surface area contributed by atoms with E-state index >= 15 is 0 Å². The fraction of sp³-hybridized carbons (Fsp3) is 0.172. The molecule has 4 aromatic heterocycles. The van der Waals surface area contributed by atoms with Crippen molar-refractivity contribution in [2.45, 2.75) is 19.3 Å². The van der Waals surface area contributed by atoms with Crippen LogP contribution in [0.2, 0.25) is 0 Å². The first-order chi connectivity index (χ1) is 18.9. The highest BCUT2D eigenvalue weighted by atomic mass is 16.4. The maximum Gasteiger partial charge on any atom is 0.309 e. The van der Waals surface area contributed by atoms with Gasteiger partial charge in [0.15, 0.2) is 11.5 Å². The number of carbonyl (C=O) groups excluding carboxylic acids is 1. The smallest absolute Gasteiger partial charge is 0.309 e. The Morgan fingerprint density at radius 1 is 0.897 bits per heavy atom. The van der Waals surface area contributed by atoms with Gasteiger partial charge < -0.3 is 16.2 Å². The fourth-order valence-corrected chi connectivity index (χ4v) is 5.86. The largest absolute Gasteiger partial charge is 0.481 e. The lowest BCUT2D eigenvalue weighted by Gasteiger charge is -2.66. The van der Waals surface area contributed by atoms with Crippen molar-refractivity contribution in [1.82, 2.24) is 24.5 Å². The number of hydrogen-bond donors (Lipinski definition) is 3. The van der Waals surface area contributed by atoms with Crippen molar-refractivity contribution in [3.05, 3.63) is 79.1 Å². The van der Waals surface area contributed by atoms with Crippen molar-refractivity contribution >= 4 is 34.7 Å². The van der Waals surface area contributed by atoms with Crippen molar-refractivity contribution in [3.8, 4) is 28.3 Å². The standard InChI is InChI=1S/C29H23N7O3/c30-23-19(7-4-12-31-23)24-34-21-10-9-20(17-5-2-1-3-6-17)33-25(21)36(24)18-8-11-22(32-13-18)35-26(37)28-14-29(15-28,16-28)27(38)39/h1-13H,14-16H2,(H2,30,31)(H,38,39)(H,32,35,37). The van der Waals surface area contributed by atoms with Crippen LogP contribution in [0.5, 0.6) is 0 Å². The molecule has 1 aromatic carbocycles. The monoisotopic (exact) mass is 517 g/mol. The zero-order chi connectivity index (χ0) is 26.8. The molecule has 3 aliphatic carbocycles. The van der Waals surface area contributed by atoms with Crippen LogP contribution in [0.15, 0.2) is 79.1 Å². The van der Waals surface area contributed by atoms with Gasteiger partial charge >= 0.3 is 5.97 Å². The molecule has 0 saturated heterocycles. The second kappa shape index (κ2) is 8.19. The van der Waals surface area contributed by atoms with Crippen LogP contribution in [0.4, 0.5) is 11.6 Å². The number of nitrogens with two attached hydrogens (primary N) is 1. The van der Waals surface area contributed by atoms with Crippen LogP contribution >= 0.6 is 0 Å².